The summed E-state index contributed by atoms with van der Waals surface area (Å²) >= 11 is 0. The van der Waals surface area contributed by atoms with Gasteiger partial charge in [-0.05, 0) is 38.0 Å². The van der Waals surface area contributed by atoms with E-state index in [2.05, 4.69) is 20.6 Å². The number of fused-ring (bicyclic) bond motifs is 1. The minimum atomic E-state index is -4.52. The van der Waals surface area contributed by atoms with Gasteiger partial charge in [0.15, 0.2) is 0 Å². The molecule has 7 nitrogen and oxygen atoms in total. The summed E-state index contributed by atoms with van der Waals surface area (Å²) in [4.78, 5) is 22.5. The number of halogens is 3. The van der Waals surface area contributed by atoms with E-state index in [1.54, 1.807) is 11.1 Å². The lowest BCUT2D eigenvalue weighted by Crippen LogP contribution is -2.46. The Bertz CT molecular complexity index is 1160. The number of nitrogens with one attached hydrogen (secondary N) is 2. The molecule has 0 atom stereocenters. The summed E-state index contributed by atoms with van der Waals surface area (Å²) < 4.78 is 45.4. The van der Waals surface area contributed by atoms with Crippen LogP contribution in [-0.4, -0.2) is 42.2 Å². The SMILES string of the molecule is COc1ccc(C(F)(F)F)c(N2CCC(NC(=O)Nc3cccc4c(C)nccc34)CC2)n1. The molecule has 0 spiro atoms. The predicted octanol–water partition coefficient (Wildman–Crippen LogP) is 4.76. The third kappa shape index (κ3) is 4.94. The van der Waals surface area contributed by atoms with Crippen molar-refractivity contribution in [2.45, 2.75) is 32.0 Å². The fourth-order valence-corrected chi connectivity index (χ4v) is 4.05. The number of anilines is 2. The molecule has 1 aromatic carbocycles. The van der Waals surface area contributed by atoms with Crippen LogP contribution in [0.25, 0.3) is 10.8 Å². The van der Waals surface area contributed by atoms with Crippen molar-refractivity contribution >= 4 is 28.3 Å². The maximum Gasteiger partial charge on any atom is 0.419 e. The maximum absolute atomic E-state index is 13.5. The zero-order chi connectivity index (χ0) is 23.6. The molecule has 33 heavy (non-hydrogen) atoms. The number of aryl methyl sites for hydroxylation is 1. The molecule has 2 amide bonds. The molecule has 174 valence electrons. The Kier molecular flexibility index (Phi) is 6.26. The summed E-state index contributed by atoms with van der Waals surface area (Å²) in [6.45, 7) is 2.56. The molecule has 0 radical (unpaired) electrons. The van der Waals surface area contributed by atoms with Crippen LogP contribution in [0.5, 0.6) is 5.88 Å². The Hall–Kier alpha value is -3.56. The molecule has 1 aliphatic heterocycles. The number of pyridine rings is 2. The molecule has 0 bridgehead atoms. The zero-order valence-corrected chi connectivity index (χ0v) is 18.2. The van der Waals surface area contributed by atoms with Crippen molar-refractivity contribution in [3.63, 3.8) is 0 Å². The monoisotopic (exact) mass is 459 g/mol. The average Bonchev–Trinajstić information content (AvgIpc) is 2.79. The highest BCUT2D eigenvalue weighted by molar-refractivity contribution is 6.02. The molecule has 10 heteroatoms. The molecule has 3 heterocycles. The van der Waals surface area contributed by atoms with Crippen molar-refractivity contribution in [2.75, 3.05) is 30.4 Å². The van der Waals surface area contributed by atoms with Gasteiger partial charge in [-0.25, -0.2) is 4.79 Å². The number of amides is 2. The number of piperidine rings is 1. The number of nitrogens with zero attached hydrogens (tertiary/aromatic N) is 3. The number of urea groups is 1. The van der Waals surface area contributed by atoms with Crippen molar-refractivity contribution in [3.05, 3.63) is 53.9 Å². The van der Waals surface area contributed by atoms with Gasteiger partial charge >= 0.3 is 12.2 Å². The highest BCUT2D eigenvalue weighted by Crippen LogP contribution is 2.37. The van der Waals surface area contributed by atoms with Gasteiger partial charge in [-0.1, -0.05) is 12.1 Å². The molecule has 2 aromatic heterocycles. The first-order chi connectivity index (χ1) is 15.8. The Balaban J connectivity index is 1.41. The maximum atomic E-state index is 13.5. The molecule has 0 saturated carbocycles. The summed E-state index contributed by atoms with van der Waals surface area (Å²) in [5, 5.41) is 7.65. The van der Waals surface area contributed by atoms with Crippen LogP contribution in [0.15, 0.2) is 42.6 Å². The van der Waals surface area contributed by atoms with Gasteiger partial charge in [0.05, 0.1) is 18.4 Å². The van der Waals surface area contributed by atoms with Crippen LogP contribution in [0.1, 0.15) is 24.1 Å². The highest BCUT2D eigenvalue weighted by atomic mass is 19.4. The molecule has 4 rings (SSSR count). The van der Waals surface area contributed by atoms with Crippen molar-refractivity contribution < 1.29 is 22.7 Å². The number of aromatic nitrogens is 2. The second-order valence-electron chi connectivity index (χ2n) is 7.88. The van der Waals surface area contributed by atoms with Gasteiger partial charge < -0.3 is 20.3 Å². The number of alkyl halides is 3. The lowest BCUT2D eigenvalue weighted by atomic mass is 10.0. The summed E-state index contributed by atoms with van der Waals surface area (Å²) in [5.41, 5.74) is 0.741. The second-order valence-corrected chi connectivity index (χ2v) is 7.88. The summed E-state index contributed by atoms with van der Waals surface area (Å²) in [5.74, 6) is -0.0253. The van der Waals surface area contributed by atoms with Crippen LogP contribution in [0.2, 0.25) is 0 Å². The van der Waals surface area contributed by atoms with Gasteiger partial charge in [0.25, 0.3) is 0 Å². The first-order valence-electron chi connectivity index (χ1n) is 10.6. The van der Waals surface area contributed by atoms with E-state index < -0.39 is 11.7 Å². The first-order valence-corrected chi connectivity index (χ1v) is 10.6. The summed E-state index contributed by atoms with van der Waals surface area (Å²) in [6, 6.07) is 9.12. The van der Waals surface area contributed by atoms with Gasteiger partial charge in [-0.2, -0.15) is 18.2 Å². The van der Waals surface area contributed by atoms with E-state index in [4.69, 9.17) is 4.74 Å². The number of carbonyl (C=O) groups is 1. The van der Waals surface area contributed by atoms with Crippen LogP contribution < -0.4 is 20.3 Å². The van der Waals surface area contributed by atoms with E-state index in [0.717, 1.165) is 22.5 Å². The van der Waals surface area contributed by atoms with Gasteiger partial charge in [-0.15, -0.1) is 0 Å². The van der Waals surface area contributed by atoms with Crippen molar-refractivity contribution in [2.24, 2.45) is 0 Å². The number of benzene rings is 1. The molecule has 1 saturated heterocycles. The Morgan fingerprint density at radius 1 is 1.12 bits per heavy atom. The quantitative estimate of drug-likeness (QED) is 0.588. The van der Waals surface area contributed by atoms with Gasteiger partial charge in [0.1, 0.15) is 5.82 Å². The largest absolute Gasteiger partial charge is 0.481 e. The molecule has 0 unspecified atom stereocenters. The third-order valence-electron chi connectivity index (χ3n) is 5.75. The number of methoxy groups -OCH3 is 1. The number of hydrogen-bond donors (Lipinski definition) is 2. The van der Waals surface area contributed by atoms with Crippen LogP contribution in [0.4, 0.5) is 29.5 Å². The Morgan fingerprint density at radius 2 is 1.88 bits per heavy atom. The van der Waals surface area contributed by atoms with E-state index in [1.807, 2.05) is 31.2 Å². The average molecular weight is 459 g/mol. The minimum Gasteiger partial charge on any atom is -0.481 e. The van der Waals surface area contributed by atoms with Crippen LogP contribution in [0, 0.1) is 6.92 Å². The van der Waals surface area contributed by atoms with Crippen LogP contribution >= 0.6 is 0 Å². The molecule has 1 aliphatic rings. The van der Waals surface area contributed by atoms with E-state index in [-0.39, 0.29) is 23.8 Å². The third-order valence-corrected chi connectivity index (χ3v) is 5.75. The predicted molar refractivity (Wildman–Crippen MR) is 120 cm³/mol. The van der Waals surface area contributed by atoms with Crippen molar-refractivity contribution in [1.29, 1.82) is 0 Å². The normalized spacial score (nSPS) is 14.9. The first kappa shape index (κ1) is 22.6. The standard InChI is InChI=1S/C23H24F3N5O2/c1-14-16-4-3-5-19(17(16)8-11-27-14)29-22(32)28-15-9-12-31(13-10-15)21-18(23(24,25)26)6-7-20(30-21)33-2/h3-8,11,15H,9-10,12-13H2,1-2H3,(H2,28,29,32). The Morgan fingerprint density at radius 3 is 2.58 bits per heavy atom. The lowest BCUT2D eigenvalue weighted by Gasteiger charge is -2.34. The van der Waals surface area contributed by atoms with Crippen molar-refractivity contribution in [3.8, 4) is 5.88 Å². The summed E-state index contributed by atoms with van der Waals surface area (Å²) in [6.07, 6.45) is -1.85. The summed E-state index contributed by atoms with van der Waals surface area (Å²) in [7, 11) is 1.36. The smallest absolute Gasteiger partial charge is 0.419 e. The molecular formula is C23H24F3N5O2. The van der Waals surface area contributed by atoms with Gasteiger partial charge in [0, 0.05) is 47.9 Å². The molecule has 1 fully saturated rings. The lowest BCUT2D eigenvalue weighted by molar-refractivity contribution is -0.137. The molecule has 0 aliphatic carbocycles. The van der Waals surface area contributed by atoms with Gasteiger partial charge in [0.2, 0.25) is 5.88 Å². The number of carbonyl (C=O) groups excluding carboxylic acids is 1. The molecule has 2 N–H and O–H groups in total. The van der Waals surface area contributed by atoms with E-state index >= 15 is 0 Å². The number of ether oxygens (including phenoxy) is 1. The zero-order valence-electron chi connectivity index (χ0n) is 18.2. The van der Waals surface area contributed by atoms with Crippen molar-refractivity contribution in [1.82, 2.24) is 15.3 Å². The number of rotatable bonds is 4. The molecule has 3 aromatic rings. The van der Waals surface area contributed by atoms with E-state index in [0.29, 0.717) is 31.6 Å². The fraction of sp³-hybridized carbons (Fsp3) is 0.348. The van der Waals surface area contributed by atoms with Crippen LogP contribution in [0.3, 0.4) is 0 Å². The van der Waals surface area contributed by atoms with Crippen LogP contribution in [-0.2, 0) is 6.18 Å². The fourth-order valence-electron chi connectivity index (χ4n) is 4.05. The van der Waals surface area contributed by atoms with E-state index in [9.17, 15) is 18.0 Å². The Labute approximate surface area is 189 Å². The number of hydrogen-bond acceptors (Lipinski definition) is 5. The second kappa shape index (κ2) is 9.13. The van der Waals surface area contributed by atoms with E-state index in [1.165, 1.54) is 13.2 Å². The highest BCUT2D eigenvalue weighted by Gasteiger charge is 2.37. The topological polar surface area (TPSA) is 79.4 Å². The molecular weight excluding hydrogens is 435 g/mol. The minimum absolute atomic E-state index is 0.123. The van der Waals surface area contributed by atoms with Gasteiger partial charge in [-0.3, -0.25) is 4.98 Å².